The average Bonchev–Trinajstić information content (AvgIpc) is 2.58. The molecule has 1 unspecified atom stereocenters. The first-order valence-electron chi connectivity index (χ1n) is 4.80. The van der Waals surface area contributed by atoms with Gasteiger partial charge in [0.15, 0.2) is 0 Å². The van der Waals surface area contributed by atoms with Crippen LogP contribution in [0.5, 0.6) is 0 Å². The number of hydrogen-bond donors (Lipinski definition) is 1. The van der Waals surface area contributed by atoms with E-state index in [1.54, 1.807) is 7.05 Å². The first-order valence-corrected chi connectivity index (χ1v) is 5.67. The fourth-order valence-corrected chi connectivity index (χ4v) is 2.35. The molecule has 1 N–H and O–H groups in total. The second-order valence-electron chi connectivity index (χ2n) is 3.44. The molecule has 16 heavy (non-hydrogen) atoms. The Kier molecular flexibility index (Phi) is 4.76. The Labute approximate surface area is 96.4 Å². The molecule has 0 radical (unpaired) electrons. The SMILES string of the molecule is CNC(COCC(F)(F)F)c1sccc1C. The fraction of sp³-hybridized carbons (Fsp3) is 0.600. The number of aryl methyl sites for hydroxylation is 1. The highest BCUT2D eigenvalue weighted by Crippen LogP contribution is 2.24. The van der Waals surface area contributed by atoms with Crippen LogP contribution in [0.25, 0.3) is 0 Å². The molecular formula is C10H14F3NOS. The van der Waals surface area contributed by atoms with Crippen LogP contribution in [0.1, 0.15) is 16.5 Å². The van der Waals surface area contributed by atoms with Gasteiger partial charge >= 0.3 is 6.18 Å². The molecule has 0 saturated heterocycles. The van der Waals surface area contributed by atoms with Crippen LogP contribution < -0.4 is 5.32 Å². The molecule has 2 nitrogen and oxygen atoms in total. The Morgan fingerprint density at radius 2 is 2.19 bits per heavy atom. The summed E-state index contributed by atoms with van der Waals surface area (Å²) in [5.74, 6) is 0. The molecule has 1 heterocycles. The Hall–Kier alpha value is -0.590. The van der Waals surface area contributed by atoms with E-state index in [0.717, 1.165) is 10.4 Å². The van der Waals surface area contributed by atoms with E-state index in [-0.39, 0.29) is 12.6 Å². The molecule has 0 saturated carbocycles. The van der Waals surface area contributed by atoms with Crippen LogP contribution in [0.2, 0.25) is 0 Å². The van der Waals surface area contributed by atoms with Crippen molar-refractivity contribution in [2.45, 2.75) is 19.1 Å². The monoisotopic (exact) mass is 253 g/mol. The van der Waals surface area contributed by atoms with E-state index < -0.39 is 12.8 Å². The quantitative estimate of drug-likeness (QED) is 0.871. The summed E-state index contributed by atoms with van der Waals surface area (Å²) in [5, 5.41) is 4.87. The molecule has 6 heteroatoms. The van der Waals surface area contributed by atoms with Gasteiger partial charge in [0.25, 0.3) is 0 Å². The Morgan fingerprint density at radius 3 is 2.62 bits per heavy atom. The number of hydrogen-bond acceptors (Lipinski definition) is 3. The molecule has 0 bridgehead atoms. The van der Waals surface area contributed by atoms with Gasteiger partial charge in [-0.05, 0) is 31.0 Å². The Bertz CT molecular complexity index is 324. The van der Waals surface area contributed by atoms with E-state index in [4.69, 9.17) is 0 Å². The van der Waals surface area contributed by atoms with Crippen LogP contribution in [0.4, 0.5) is 13.2 Å². The molecule has 1 aromatic rings. The number of ether oxygens (including phenoxy) is 1. The minimum Gasteiger partial charge on any atom is -0.370 e. The van der Waals surface area contributed by atoms with Crippen LogP contribution in [0.15, 0.2) is 11.4 Å². The fourth-order valence-electron chi connectivity index (χ4n) is 1.32. The van der Waals surface area contributed by atoms with Crippen molar-refractivity contribution in [3.8, 4) is 0 Å². The van der Waals surface area contributed by atoms with Crippen molar-refractivity contribution in [3.05, 3.63) is 21.9 Å². The molecule has 0 spiro atoms. The largest absolute Gasteiger partial charge is 0.411 e. The van der Waals surface area contributed by atoms with Crippen LogP contribution in [0, 0.1) is 6.92 Å². The summed E-state index contributed by atoms with van der Waals surface area (Å²) in [7, 11) is 1.71. The van der Waals surface area contributed by atoms with Crippen molar-refractivity contribution < 1.29 is 17.9 Å². The Morgan fingerprint density at radius 1 is 1.50 bits per heavy atom. The number of halogens is 3. The van der Waals surface area contributed by atoms with Gasteiger partial charge in [-0.15, -0.1) is 11.3 Å². The Balaban J connectivity index is 2.48. The van der Waals surface area contributed by atoms with Crippen molar-refractivity contribution in [3.63, 3.8) is 0 Å². The standard InChI is InChI=1S/C10H14F3NOS/c1-7-3-4-16-9(7)8(14-2)5-15-6-10(11,12)13/h3-4,8,14H,5-6H2,1-2H3. The molecule has 0 aliphatic rings. The minimum atomic E-state index is -4.26. The summed E-state index contributed by atoms with van der Waals surface area (Å²) in [6.45, 7) is 0.757. The first-order chi connectivity index (χ1) is 7.44. The minimum absolute atomic E-state index is 0.0252. The van der Waals surface area contributed by atoms with E-state index in [1.165, 1.54) is 11.3 Å². The lowest BCUT2D eigenvalue weighted by atomic mass is 10.2. The number of likely N-dealkylation sites (N-methyl/N-ethyl adjacent to an activating group) is 1. The summed E-state index contributed by atoms with van der Waals surface area (Å²) >= 11 is 1.52. The van der Waals surface area contributed by atoms with E-state index in [0.29, 0.717) is 0 Å². The molecule has 0 aliphatic heterocycles. The second-order valence-corrected chi connectivity index (χ2v) is 4.39. The van der Waals surface area contributed by atoms with Crippen molar-refractivity contribution >= 4 is 11.3 Å². The van der Waals surface area contributed by atoms with E-state index >= 15 is 0 Å². The maximum Gasteiger partial charge on any atom is 0.411 e. The van der Waals surface area contributed by atoms with Crippen molar-refractivity contribution in [2.75, 3.05) is 20.3 Å². The number of thiophene rings is 1. The van der Waals surface area contributed by atoms with Crippen LogP contribution >= 0.6 is 11.3 Å². The average molecular weight is 253 g/mol. The third kappa shape index (κ3) is 4.11. The summed E-state index contributed by atoms with van der Waals surface area (Å²) in [4.78, 5) is 1.02. The van der Waals surface area contributed by atoms with E-state index in [2.05, 4.69) is 10.1 Å². The number of rotatable bonds is 5. The molecule has 1 aromatic heterocycles. The zero-order valence-corrected chi connectivity index (χ0v) is 9.91. The number of nitrogens with one attached hydrogen (secondary N) is 1. The van der Waals surface area contributed by atoms with Crippen LogP contribution in [-0.4, -0.2) is 26.4 Å². The lowest BCUT2D eigenvalue weighted by Gasteiger charge is -2.16. The predicted octanol–water partition coefficient (Wildman–Crippen LogP) is 2.90. The van der Waals surface area contributed by atoms with Crippen molar-refractivity contribution in [1.82, 2.24) is 5.32 Å². The normalized spacial score (nSPS) is 14.1. The highest BCUT2D eigenvalue weighted by Gasteiger charge is 2.28. The van der Waals surface area contributed by atoms with Gasteiger partial charge in [-0.1, -0.05) is 0 Å². The first kappa shape index (κ1) is 13.5. The lowest BCUT2D eigenvalue weighted by molar-refractivity contribution is -0.175. The molecule has 0 aromatic carbocycles. The number of alkyl halides is 3. The second kappa shape index (κ2) is 5.65. The topological polar surface area (TPSA) is 21.3 Å². The molecule has 0 aliphatic carbocycles. The highest BCUT2D eigenvalue weighted by atomic mass is 32.1. The maximum absolute atomic E-state index is 11.9. The van der Waals surface area contributed by atoms with Crippen molar-refractivity contribution in [1.29, 1.82) is 0 Å². The van der Waals surface area contributed by atoms with Gasteiger partial charge < -0.3 is 10.1 Å². The molecule has 0 fully saturated rings. The van der Waals surface area contributed by atoms with E-state index in [9.17, 15) is 13.2 Å². The maximum atomic E-state index is 11.9. The molecule has 1 atom stereocenters. The van der Waals surface area contributed by atoms with Gasteiger partial charge in [0.05, 0.1) is 12.6 Å². The zero-order valence-electron chi connectivity index (χ0n) is 9.10. The third-order valence-corrected chi connectivity index (χ3v) is 3.25. The van der Waals surface area contributed by atoms with Gasteiger partial charge in [-0.3, -0.25) is 0 Å². The smallest absolute Gasteiger partial charge is 0.370 e. The third-order valence-electron chi connectivity index (χ3n) is 2.12. The molecule has 1 rings (SSSR count). The molecule has 92 valence electrons. The summed E-state index contributed by atoms with van der Waals surface area (Å²) in [6, 6.07) is 1.76. The van der Waals surface area contributed by atoms with Gasteiger partial charge in [0.2, 0.25) is 0 Å². The lowest BCUT2D eigenvalue weighted by Crippen LogP contribution is -2.25. The van der Waals surface area contributed by atoms with Crippen LogP contribution in [0.3, 0.4) is 0 Å². The predicted molar refractivity (Wildman–Crippen MR) is 57.7 cm³/mol. The van der Waals surface area contributed by atoms with E-state index in [1.807, 2.05) is 18.4 Å². The van der Waals surface area contributed by atoms with Crippen molar-refractivity contribution in [2.24, 2.45) is 0 Å². The highest BCUT2D eigenvalue weighted by molar-refractivity contribution is 7.10. The molecule has 0 amide bonds. The van der Waals surface area contributed by atoms with Gasteiger partial charge in [-0.2, -0.15) is 13.2 Å². The summed E-state index contributed by atoms with van der Waals surface area (Å²) in [6.07, 6.45) is -4.26. The molecular weight excluding hydrogens is 239 g/mol. The van der Waals surface area contributed by atoms with Gasteiger partial charge in [-0.25, -0.2) is 0 Å². The van der Waals surface area contributed by atoms with Crippen LogP contribution in [-0.2, 0) is 4.74 Å². The summed E-state index contributed by atoms with van der Waals surface area (Å²) in [5.41, 5.74) is 1.07. The summed E-state index contributed by atoms with van der Waals surface area (Å²) < 4.78 is 40.3. The van der Waals surface area contributed by atoms with Gasteiger partial charge in [0.1, 0.15) is 6.61 Å². The van der Waals surface area contributed by atoms with Gasteiger partial charge in [0, 0.05) is 4.88 Å². The zero-order chi connectivity index (χ0) is 12.2.